The van der Waals surface area contributed by atoms with Gasteiger partial charge in [-0.2, -0.15) is 0 Å². The average molecular weight is 449 g/mol. The summed E-state index contributed by atoms with van der Waals surface area (Å²) in [6, 6.07) is 17.9. The predicted molar refractivity (Wildman–Crippen MR) is 128 cm³/mol. The van der Waals surface area contributed by atoms with Crippen molar-refractivity contribution in [3.8, 4) is 17.1 Å². The second-order valence-electron chi connectivity index (χ2n) is 7.81. The molecule has 0 radical (unpaired) electrons. The van der Waals surface area contributed by atoms with Crippen LogP contribution in [0.3, 0.4) is 0 Å². The van der Waals surface area contributed by atoms with Gasteiger partial charge in [-0.1, -0.05) is 48.2 Å². The van der Waals surface area contributed by atoms with E-state index in [1.165, 1.54) is 24.6 Å². The maximum Gasteiger partial charge on any atom is 0.230 e. The fourth-order valence-electron chi connectivity index (χ4n) is 3.76. The van der Waals surface area contributed by atoms with Crippen LogP contribution in [0, 0.1) is 0 Å². The van der Waals surface area contributed by atoms with Crippen molar-refractivity contribution in [2.45, 2.75) is 50.0 Å². The molecular formula is C25H28N4O2S. The molecule has 1 N–H and O–H groups in total. The summed E-state index contributed by atoms with van der Waals surface area (Å²) in [5, 5.41) is 12.3. The van der Waals surface area contributed by atoms with Crippen LogP contribution >= 0.6 is 11.8 Å². The number of carbonyl (C=O) groups excluding carboxylic acids is 1. The summed E-state index contributed by atoms with van der Waals surface area (Å²) >= 11 is 1.38. The molecule has 1 amide bonds. The Balaban J connectivity index is 1.38. The van der Waals surface area contributed by atoms with Crippen LogP contribution < -0.4 is 10.1 Å². The van der Waals surface area contributed by atoms with Crippen molar-refractivity contribution in [2.75, 3.05) is 5.75 Å². The maximum absolute atomic E-state index is 12.3. The lowest BCUT2D eigenvalue weighted by Gasteiger charge is -2.13. The van der Waals surface area contributed by atoms with Crippen LogP contribution in [0.4, 0.5) is 0 Å². The number of benzene rings is 2. The van der Waals surface area contributed by atoms with E-state index in [0.29, 0.717) is 24.3 Å². The molecule has 166 valence electrons. The number of nitrogens with zero attached hydrogens (tertiary/aromatic N) is 3. The first-order chi connectivity index (χ1) is 15.7. The standard InChI is InChI=1S/C25H28N4O2S/c1-2-16-29-24(20-12-14-22(15-13-20)31-21-10-6-7-11-21)27-28-25(29)32-18-23(30)26-17-19-8-4-3-5-9-19/h2-5,8-9,12-15,21H,1,6-7,10-11,16-18H2,(H,26,30). The predicted octanol–water partition coefficient (Wildman–Crippen LogP) is 4.86. The fourth-order valence-corrected chi connectivity index (χ4v) is 4.54. The monoisotopic (exact) mass is 448 g/mol. The normalized spacial score (nSPS) is 13.8. The minimum Gasteiger partial charge on any atom is -0.490 e. The summed E-state index contributed by atoms with van der Waals surface area (Å²) in [4.78, 5) is 12.3. The Morgan fingerprint density at radius 2 is 1.88 bits per heavy atom. The number of hydrogen-bond acceptors (Lipinski definition) is 5. The number of thioether (sulfide) groups is 1. The minimum absolute atomic E-state index is 0.0398. The molecule has 1 heterocycles. The summed E-state index contributed by atoms with van der Waals surface area (Å²) in [5.41, 5.74) is 2.03. The quantitative estimate of drug-likeness (QED) is 0.354. The number of carbonyl (C=O) groups is 1. The molecule has 0 atom stereocenters. The molecule has 6 nitrogen and oxygen atoms in total. The summed E-state index contributed by atoms with van der Waals surface area (Å²) < 4.78 is 8.04. The molecule has 1 aliphatic carbocycles. The smallest absolute Gasteiger partial charge is 0.230 e. The van der Waals surface area contributed by atoms with E-state index < -0.39 is 0 Å². The molecule has 0 unspecified atom stereocenters. The van der Waals surface area contributed by atoms with Crippen LogP contribution in [-0.2, 0) is 17.9 Å². The minimum atomic E-state index is -0.0398. The SMILES string of the molecule is C=CCn1c(SCC(=O)NCc2ccccc2)nnc1-c1ccc(OC2CCCC2)cc1. The topological polar surface area (TPSA) is 69.0 Å². The summed E-state index contributed by atoms with van der Waals surface area (Å²) in [6.07, 6.45) is 6.91. The molecule has 0 saturated heterocycles. The highest BCUT2D eigenvalue weighted by Crippen LogP contribution is 2.28. The second kappa shape index (κ2) is 11.0. The van der Waals surface area contributed by atoms with Crippen molar-refractivity contribution in [2.24, 2.45) is 0 Å². The van der Waals surface area contributed by atoms with Crippen molar-refractivity contribution in [1.82, 2.24) is 20.1 Å². The zero-order valence-electron chi connectivity index (χ0n) is 18.1. The van der Waals surface area contributed by atoms with Gasteiger partial charge in [0.15, 0.2) is 11.0 Å². The molecule has 2 aromatic carbocycles. The Morgan fingerprint density at radius 1 is 1.12 bits per heavy atom. The highest BCUT2D eigenvalue weighted by Gasteiger charge is 2.18. The summed E-state index contributed by atoms with van der Waals surface area (Å²) in [5.74, 6) is 1.88. The number of aromatic nitrogens is 3. The van der Waals surface area contributed by atoms with Gasteiger partial charge in [0.1, 0.15) is 5.75 Å². The Bertz CT molecular complexity index is 1030. The maximum atomic E-state index is 12.3. The third kappa shape index (κ3) is 5.79. The Morgan fingerprint density at radius 3 is 2.59 bits per heavy atom. The zero-order chi connectivity index (χ0) is 22.2. The zero-order valence-corrected chi connectivity index (χ0v) is 18.9. The number of allylic oxidation sites excluding steroid dienone is 1. The Labute approximate surface area is 193 Å². The fraction of sp³-hybridized carbons (Fsp3) is 0.320. The van der Waals surface area contributed by atoms with Gasteiger partial charge in [0.25, 0.3) is 0 Å². The Kier molecular flexibility index (Phi) is 7.61. The second-order valence-corrected chi connectivity index (χ2v) is 8.75. The van der Waals surface area contributed by atoms with Gasteiger partial charge in [-0.15, -0.1) is 16.8 Å². The van der Waals surface area contributed by atoms with Crippen molar-refractivity contribution < 1.29 is 9.53 Å². The number of nitrogens with one attached hydrogen (secondary N) is 1. The third-order valence-corrected chi connectivity index (χ3v) is 6.38. The average Bonchev–Trinajstić information content (AvgIpc) is 3.48. The number of rotatable bonds is 10. The van der Waals surface area contributed by atoms with E-state index in [-0.39, 0.29) is 11.7 Å². The number of hydrogen-bond donors (Lipinski definition) is 1. The van der Waals surface area contributed by atoms with Crippen molar-refractivity contribution in [1.29, 1.82) is 0 Å². The molecule has 1 fully saturated rings. The van der Waals surface area contributed by atoms with Gasteiger partial charge in [0.05, 0.1) is 11.9 Å². The van der Waals surface area contributed by atoms with E-state index in [4.69, 9.17) is 4.74 Å². The van der Waals surface area contributed by atoms with Gasteiger partial charge in [0.2, 0.25) is 5.91 Å². The number of amides is 1. The summed E-state index contributed by atoms with van der Waals surface area (Å²) in [6.45, 7) is 4.94. The van der Waals surface area contributed by atoms with Crippen LogP contribution in [0.15, 0.2) is 72.4 Å². The third-order valence-electron chi connectivity index (χ3n) is 5.41. The summed E-state index contributed by atoms with van der Waals surface area (Å²) in [7, 11) is 0. The van der Waals surface area contributed by atoms with Crippen molar-refractivity contribution >= 4 is 17.7 Å². The van der Waals surface area contributed by atoms with E-state index >= 15 is 0 Å². The molecule has 4 rings (SSSR count). The molecule has 1 aliphatic rings. The van der Waals surface area contributed by atoms with Crippen molar-refractivity contribution in [3.05, 3.63) is 72.8 Å². The van der Waals surface area contributed by atoms with E-state index in [0.717, 1.165) is 35.5 Å². The van der Waals surface area contributed by atoms with E-state index in [2.05, 4.69) is 22.1 Å². The molecule has 0 bridgehead atoms. The van der Waals surface area contributed by atoms with Crippen LogP contribution in [0.5, 0.6) is 5.75 Å². The Hall–Kier alpha value is -3.06. The van der Waals surface area contributed by atoms with Gasteiger partial charge in [-0.05, 0) is 55.5 Å². The molecule has 3 aromatic rings. The number of ether oxygens (including phenoxy) is 1. The van der Waals surface area contributed by atoms with Gasteiger partial charge >= 0.3 is 0 Å². The first-order valence-electron chi connectivity index (χ1n) is 11.0. The van der Waals surface area contributed by atoms with E-state index in [9.17, 15) is 4.79 Å². The first-order valence-corrected chi connectivity index (χ1v) is 12.0. The highest BCUT2D eigenvalue weighted by molar-refractivity contribution is 7.99. The lowest BCUT2D eigenvalue weighted by atomic mass is 10.2. The van der Waals surface area contributed by atoms with E-state index in [1.54, 1.807) is 0 Å². The van der Waals surface area contributed by atoms with Crippen molar-refractivity contribution in [3.63, 3.8) is 0 Å². The van der Waals surface area contributed by atoms with Gasteiger partial charge in [-0.25, -0.2) is 0 Å². The van der Waals surface area contributed by atoms with Crippen LogP contribution in [-0.4, -0.2) is 32.5 Å². The largest absolute Gasteiger partial charge is 0.490 e. The molecular weight excluding hydrogens is 420 g/mol. The van der Waals surface area contributed by atoms with Crippen LogP contribution in [0.1, 0.15) is 31.2 Å². The molecule has 0 aliphatic heterocycles. The lowest BCUT2D eigenvalue weighted by Crippen LogP contribution is -2.24. The highest BCUT2D eigenvalue weighted by atomic mass is 32.2. The molecule has 7 heteroatoms. The first kappa shape index (κ1) is 22.1. The lowest BCUT2D eigenvalue weighted by molar-refractivity contribution is -0.118. The molecule has 1 saturated carbocycles. The van der Waals surface area contributed by atoms with Gasteiger partial charge in [0, 0.05) is 18.7 Å². The molecule has 0 spiro atoms. The van der Waals surface area contributed by atoms with Crippen LogP contribution in [0.2, 0.25) is 0 Å². The molecule has 1 aromatic heterocycles. The molecule has 32 heavy (non-hydrogen) atoms. The van der Waals surface area contributed by atoms with Gasteiger partial charge < -0.3 is 10.1 Å². The van der Waals surface area contributed by atoms with Crippen LogP contribution in [0.25, 0.3) is 11.4 Å². The van der Waals surface area contributed by atoms with Gasteiger partial charge in [-0.3, -0.25) is 9.36 Å². The van der Waals surface area contributed by atoms with E-state index in [1.807, 2.05) is 65.2 Å².